The van der Waals surface area contributed by atoms with Crippen LogP contribution >= 0.6 is 0 Å². The molecule has 0 saturated heterocycles. The second-order valence-corrected chi connectivity index (χ2v) is 3.42. The van der Waals surface area contributed by atoms with Crippen LogP contribution in [-0.2, 0) is 0 Å². The van der Waals surface area contributed by atoms with Crippen LogP contribution in [0.3, 0.4) is 0 Å². The third-order valence-electron chi connectivity index (χ3n) is 2.55. The lowest BCUT2D eigenvalue weighted by Gasteiger charge is -2.35. The molecule has 1 atom stereocenters. The van der Waals surface area contributed by atoms with Crippen molar-refractivity contribution in [3.05, 3.63) is 24.0 Å². The molecule has 2 N–H and O–H groups in total. The number of fused-ring (bicyclic) bond motifs is 1. The number of halogens is 1. The van der Waals surface area contributed by atoms with Crippen molar-refractivity contribution in [3.8, 4) is 5.75 Å². The van der Waals surface area contributed by atoms with E-state index in [4.69, 9.17) is 10.5 Å². The summed E-state index contributed by atoms with van der Waals surface area (Å²) in [5, 5.41) is 0. The fourth-order valence-electron chi connectivity index (χ4n) is 1.61. The molecule has 1 unspecified atom stereocenters. The van der Waals surface area contributed by atoms with E-state index in [0.29, 0.717) is 13.2 Å². The molecule has 1 aliphatic rings. The minimum Gasteiger partial charge on any atom is -0.489 e. The molecule has 2 rings (SSSR count). The quantitative estimate of drug-likeness (QED) is 0.727. The lowest BCUT2D eigenvalue weighted by molar-refractivity contribution is 0.268. The van der Waals surface area contributed by atoms with Crippen LogP contribution in [-0.4, -0.2) is 26.2 Å². The summed E-state index contributed by atoms with van der Waals surface area (Å²) in [6.45, 7) is 1.07. The molecular formula is C10H13FN2O. The normalized spacial score (nSPS) is 20.2. The Hall–Kier alpha value is -1.29. The third kappa shape index (κ3) is 1.42. The van der Waals surface area contributed by atoms with E-state index in [0.717, 1.165) is 11.4 Å². The highest BCUT2D eigenvalue weighted by atomic mass is 19.1. The lowest BCUT2D eigenvalue weighted by Crippen LogP contribution is -2.45. The highest BCUT2D eigenvalue weighted by Crippen LogP contribution is 2.32. The first-order valence-electron chi connectivity index (χ1n) is 4.57. The average molecular weight is 196 g/mol. The topological polar surface area (TPSA) is 38.5 Å². The van der Waals surface area contributed by atoms with Gasteiger partial charge in [0.05, 0.1) is 11.7 Å². The molecule has 0 aromatic heterocycles. The Labute approximate surface area is 82.3 Å². The monoisotopic (exact) mass is 196 g/mol. The van der Waals surface area contributed by atoms with Gasteiger partial charge in [-0.1, -0.05) is 0 Å². The number of anilines is 1. The first-order chi connectivity index (χ1) is 6.72. The molecule has 0 aliphatic carbocycles. The lowest BCUT2D eigenvalue weighted by atomic mass is 10.1. The average Bonchev–Trinajstić information content (AvgIpc) is 2.20. The van der Waals surface area contributed by atoms with E-state index >= 15 is 0 Å². The fourth-order valence-corrected chi connectivity index (χ4v) is 1.61. The van der Waals surface area contributed by atoms with Crippen LogP contribution in [0.4, 0.5) is 10.1 Å². The number of hydrogen-bond donors (Lipinski definition) is 1. The van der Waals surface area contributed by atoms with Gasteiger partial charge in [0.15, 0.2) is 0 Å². The van der Waals surface area contributed by atoms with E-state index in [9.17, 15) is 4.39 Å². The molecule has 0 spiro atoms. The number of likely N-dealkylation sites (N-methyl/N-ethyl adjacent to an activating group) is 1. The van der Waals surface area contributed by atoms with Crippen molar-refractivity contribution in [2.75, 3.05) is 25.1 Å². The Morgan fingerprint density at radius 3 is 3.14 bits per heavy atom. The molecule has 4 heteroatoms. The molecule has 0 bridgehead atoms. The van der Waals surface area contributed by atoms with Crippen molar-refractivity contribution in [2.24, 2.45) is 5.73 Å². The van der Waals surface area contributed by atoms with Gasteiger partial charge in [-0.15, -0.1) is 0 Å². The Kier molecular flexibility index (Phi) is 2.29. The molecule has 1 aliphatic heterocycles. The smallest absolute Gasteiger partial charge is 0.142 e. The summed E-state index contributed by atoms with van der Waals surface area (Å²) < 4.78 is 18.4. The molecule has 0 radical (unpaired) electrons. The molecule has 0 amide bonds. The summed E-state index contributed by atoms with van der Waals surface area (Å²) in [5.41, 5.74) is 6.34. The van der Waals surface area contributed by atoms with E-state index in [-0.39, 0.29) is 11.9 Å². The Morgan fingerprint density at radius 2 is 2.43 bits per heavy atom. The molecule has 14 heavy (non-hydrogen) atoms. The predicted octanol–water partition coefficient (Wildman–Crippen LogP) is 0.982. The summed E-state index contributed by atoms with van der Waals surface area (Å²) in [4.78, 5) is 1.96. The van der Waals surface area contributed by atoms with Gasteiger partial charge in [0.25, 0.3) is 0 Å². The first-order valence-corrected chi connectivity index (χ1v) is 4.57. The van der Waals surface area contributed by atoms with E-state index in [2.05, 4.69) is 0 Å². The van der Waals surface area contributed by atoms with Crippen LogP contribution in [0.15, 0.2) is 18.2 Å². The molecule has 1 aromatic rings. The summed E-state index contributed by atoms with van der Waals surface area (Å²) in [5.74, 6) is 0.468. The number of rotatable bonds is 1. The molecule has 0 saturated carbocycles. The standard InChI is InChI=1S/C10H13FN2O/c1-13-8(5-12)6-14-10-3-2-7(11)4-9(10)13/h2-4,8H,5-6,12H2,1H3. The maximum absolute atomic E-state index is 13.0. The van der Waals surface area contributed by atoms with Crippen molar-refractivity contribution in [2.45, 2.75) is 6.04 Å². The van der Waals surface area contributed by atoms with Crippen LogP contribution in [0.5, 0.6) is 5.75 Å². The van der Waals surface area contributed by atoms with E-state index < -0.39 is 0 Å². The maximum atomic E-state index is 13.0. The van der Waals surface area contributed by atoms with Gasteiger partial charge in [0, 0.05) is 19.7 Å². The van der Waals surface area contributed by atoms with Gasteiger partial charge in [-0.2, -0.15) is 0 Å². The number of nitrogens with two attached hydrogens (primary N) is 1. The molecule has 0 fully saturated rings. The largest absolute Gasteiger partial charge is 0.489 e. The van der Waals surface area contributed by atoms with E-state index in [1.165, 1.54) is 12.1 Å². The van der Waals surface area contributed by atoms with Crippen molar-refractivity contribution in [1.82, 2.24) is 0 Å². The SMILES string of the molecule is CN1c2cc(F)ccc2OCC1CN. The molecular weight excluding hydrogens is 183 g/mol. The predicted molar refractivity (Wildman–Crippen MR) is 53.1 cm³/mol. The van der Waals surface area contributed by atoms with Crippen molar-refractivity contribution in [3.63, 3.8) is 0 Å². The van der Waals surface area contributed by atoms with Gasteiger partial charge >= 0.3 is 0 Å². The second-order valence-electron chi connectivity index (χ2n) is 3.42. The highest BCUT2D eigenvalue weighted by molar-refractivity contribution is 5.60. The van der Waals surface area contributed by atoms with Crippen molar-refractivity contribution < 1.29 is 9.13 Å². The van der Waals surface area contributed by atoms with Crippen molar-refractivity contribution in [1.29, 1.82) is 0 Å². The van der Waals surface area contributed by atoms with Crippen molar-refractivity contribution >= 4 is 5.69 Å². The number of nitrogens with zero attached hydrogens (tertiary/aromatic N) is 1. The van der Waals surface area contributed by atoms with Crippen LogP contribution in [0.2, 0.25) is 0 Å². The second kappa shape index (κ2) is 3.46. The Bertz CT molecular complexity index is 343. The van der Waals surface area contributed by atoms with E-state index in [1.807, 2.05) is 11.9 Å². The summed E-state index contributed by atoms with van der Waals surface area (Å²) in [6, 6.07) is 4.64. The van der Waals surface area contributed by atoms with Gasteiger partial charge in [-0.05, 0) is 12.1 Å². The van der Waals surface area contributed by atoms with Crippen LogP contribution in [0.1, 0.15) is 0 Å². The zero-order chi connectivity index (χ0) is 10.1. The number of benzene rings is 1. The third-order valence-corrected chi connectivity index (χ3v) is 2.55. The molecule has 3 nitrogen and oxygen atoms in total. The maximum Gasteiger partial charge on any atom is 0.142 e. The Morgan fingerprint density at radius 1 is 1.64 bits per heavy atom. The minimum absolute atomic E-state index is 0.129. The zero-order valence-electron chi connectivity index (χ0n) is 8.03. The number of hydrogen-bond acceptors (Lipinski definition) is 3. The molecule has 76 valence electrons. The van der Waals surface area contributed by atoms with Gasteiger partial charge in [0.1, 0.15) is 18.2 Å². The summed E-state index contributed by atoms with van der Waals surface area (Å²) in [6.07, 6.45) is 0. The van der Waals surface area contributed by atoms with Gasteiger partial charge in [-0.3, -0.25) is 0 Å². The number of ether oxygens (including phenoxy) is 1. The minimum atomic E-state index is -0.253. The van der Waals surface area contributed by atoms with Crippen LogP contribution < -0.4 is 15.4 Å². The van der Waals surface area contributed by atoms with Gasteiger partial charge in [-0.25, -0.2) is 4.39 Å². The molecule has 1 heterocycles. The first kappa shape index (κ1) is 9.27. The Balaban J connectivity index is 2.38. The molecule has 1 aromatic carbocycles. The van der Waals surface area contributed by atoms with Gasteiger partial charge in [0.2, 0.25) is 0 Å². The van der Waals surface area contributed by atoms with Crippen LogP contribution in [0, 0.1) is 5.82 Å². The highest BCUT2D eigenvalue weighted by Gasteiger charge is 2.23. The van der Waals surface area contributed by atoms with Gasteiger partial charge < -0.3 is 15.4 Å². The van der Waals surface area contributed by atoms with Crippen LogP contribution in [0.25, 0.3) is 0 Å². The fraction of sp³-hybridized carbons (Fsp3) is 0.400. The summed E-state index contributed by atoms with van der Waals surface area (Å²) in [7, 11) is 1.90. The summed E-state index contributed by atoms with van der Waals surface area (Å²) >= 11 is 0. The zero-order valence-corrected chi connectivity index (χ0v) is 8.03. The van der Waals surface area contributed by atoms with E-state index in [1.54, 1.807) is 6.07 Å².